The molecule has 140 valence electrons. The third-order valence-corrected chi connectivity index (χ3v) is 5.94. The van der Waals surface area contributed by atoms with Crippen LogP contribution in [0.1, 0.15) is 43.1 Å². The van der Waals surface area contributed by atoms with Gasteiger partial charge < -0.3 is 14.9 Å². The molecule has 1 aliphatic carbocycles. The third kappa shape index (κ3) is 2.59. The summed E-state index contributed by atoms with van der Waals surface area (Å²) >= 11 is 0. The Morgan fingerprint density at radius 2 is 1.85 bits per heavy atom. The number of rotatable bonds is 4. The molecule has 2 amide bonds. The maximum absolute atomic E-state index is 12.8. The zero-order chi connectivity index (χ0) is 18.6. The molecule has 1 aromatic heterocycles. The average molecular weight is 360 g/mol. The Kier molecular flexibility index (Phi) is 3.82. The number of carbonyl (C=O) groups is 3. The SMILES string of the molecule is CC(C)n1cc(C(=O)N2C[C@@H]3CN(C(=O)C4CC4)C[C@]3(C(=O)O)C2)cn1. The number of nitrogens with zero attached hydrogens (tertiary/aromatic N) is 4. The first-order chi connectivity index (χ1) is 12.3. The molecule has 1 saturated carbocycles. The van der Waals surface area contributed by atoms with Gasteiger partial charge in [-0.1, -0.05) is 0 Å². The largest absolute Gasteiger partial charge is 0.481 e. The Hall–Kier alpha value is -2.38. The molecule has 0 aromatic carbocycles. The summed E-state index contributed by atoms with van der Waals surface area (Å²) in [6, 6.07) is 0.155. The van der Waals surface area contributed by atoms with E-state index in [1.165, 1.54) is 6.20 Å². The normalized spacial score (nSPS) is 27.9. The summed E-state index contributed by atoms with van der Waals surface area (Å²) in [5.41, 5.74) is -0.570. The molecule has 0 bridgehead atoms. The van der Waals surface area contributed by atoms with Crippen LogP contribution in [0, 0.1) is 17.3 Å². The maximum Gasteiger partial charge on any atom is 0.313 e. The van der Waals surface area contributed by atoms with Crippen molar-refractivity contribution in [3.8, 4) is 0 Å². The van der Waals surface area contributed by atoms with Gasteiger partial charge in [-0.3, -0.25) is 19.1 Å². The summed E-state index contributed by atoms with van der Waals surface area (Å²) in [4.78, 5) is 40.5. The second-order valence-electron chi connectivity index (χ2n) is 8.14. The van der Waals surface area contributed by atoms with E-state index in [0.29, 0.717) is 18.7 Å². The number of hydrogen-bond donors (Lipinski definition) is 1. The average Bonchev–Trinajstić information content (AvgIpc) is 3.05. The maximum atomic E-state index is 12.8. The van der Waals surface area contributed by atoms with Gasteiger partial charge in [-0.05, 0) is 26.7 Å². The Labute approximate surface area is 151 Å². The van der Waals surface area contributed by atoms with Crippen LogP contribution in [-0.2, 0) is 9.59 Å². The molecular formula is C18H24N4O4. The van der Waals surface area contributed by atoms with Crippen molar-refractivity contribution in [2.75, 3.05) is 26.2 Å². The van der Waals surface area contributed by atoms with E-state index in [1.54, 1.807) is 20.7 Å². The highest BCUT2D eigenvalue weighted by Crippen LogP contribution is 2.45. The van der Waals surface area contributed by atoms with Gasteiger partial charge in [-0.15, -0.1) is 0 Å². The van der Waals surface area contributed by atoms with Crippen molar-refractivity contribution in [3.05, 3.63) is 18.0 Å². The summed E-state index contributed by atoms with van der Waals surface area (Å²) in [7, 11) is 0. The van der Waals surface area contributed by atoms with Crippen molar-refractivity contribution in [3.63, 3.8) is 0 Å². The summed E-state index contributed by atoms with van der Waals surface area (Å²) < 4.78 is 1.72. The molecule has 1 aromatic rings. The van der Waals surface area contributed by atoms with Crippen LogP contribution in [0.25, 0.3) is 0 Å². The minimum absolute atomic E-state index is 0.0797. The van der Waals surface area contributed by atoms with Crippen molar-refractivity contribution in [1.29, 1.82) is 0 Å². The number of carboxylic acids is 1. The standard InChI is InChI=1S/C18H24N4O4/c1-11(2)22-6-13(5-19-22)16(24)21-8-14-7-20(15(23)12-3-4-12)9-18(14,10-21)17(25)26/h5-6,11-12,14H,3-4,7-10H2,1-2H3,(H,25,26)/t14-,18-/m0/s1. The van der Waals surface area contributed by atoms with Crippen LogP contribution in [0.15, 0.2) is 12.4 Å². The van der Waals surface area contributed by atoms with E-state index < -0.39 is 11.4 Å². The molecule has 0 radical (unpaired) electrons. The summed E-state index contributed by atoms with van der Waals surface area (Å²) in [6.45, 7) is 5.10. The lowest BCUT2D eigenvalue weighted by atomic mass is 9.81. The van der Waals surface area contributed by atoms with Gasteiger partial charge in [-0.25, -0.2) is 0 Å². The number of carbonyl (C=O) groups excluding carboxylic acids is 2. The van der Waals surface area contributed by atoms with E-state index >= 15 is 0 Å². The van der Waals surface area contributed by atoms with Gasteiger partial charge in [0.2, 0.25) is 5.91 Å². The summed E-state index contributed by atoms with van der Waals surface area (Å²) in [6.07, 6.45) is 5.05. The highest BCUT2D eigenvalue weighted by atomic mass is 16.4. The molecule has 0 spiro atoms. The van der Waals surface area contributed by atoms with Gasteiger partial charge >= 0.3 is 5.97 Å². The number of hydrogen-bond acceptors (Lipinski definition) is 4. The Morgan fingerprint density at radius 1 is 1.19 bits per heavy atom. The summed E-state index contributed by atoms with van der Waals surface area (Å²) in [5.74, 6) is -1.16. The topological polar surface area (TPSA) is 95.7 Å². The minimum Gasteiger partial charge on any atom is -0.481 e. The molecule has 0 unspecified atom stereocenters. The fourth-order valence-corrected chi connectivity index (χ4v) is 4.19. The van der Waals surface area contributed by atoms with Gasteiger partial charge in [0, 0.05) is 50.3 Å². The lowest BCUT2D eigenvalue weighted by Gasteiger charge is -2.25. The number of fused-ring (bicyclic) bond motifs is 1. The van der Waals surface area contributed by atoms with E-state index in [0.717, 1.165) is 12.8 Å². The highest BCUT2D eigenvalue weighted by molar-refractivity contribution is 5.95. The molecular weight excluding hydrogens is 336 g/mol. The number of carboxylic acid groups (broad SMARTS) is 1. The first-order valence-electron chi connectivity index (χ1n) is 9.17. The van der Waals surface area contributed by atoms with Crippen LogP contribution in [0.4, 0.5) is 0 Å². The number of likely N-dealkylation sites (tertiary alicyclic amines) is 2. The second-order valence-corrected chi connectivity index (χ2v) is 8.14. The van der Waals surface area contributed by atoms with E-state index in [2.05, 4.69) is 5.10 Å². The van der Waals surface area contributed by atoms with Gasteiger partial charge in [0.1, 0.15) is 5.41 Å². The smallest absolute Gasteiger partial charge is 0.313 e. The summed E-state index contributed by atoms with van der Waals surface area (Å²) in [5, 5.41) is 14.1. The van der Waals surface area contributed by atoms with Crippen LogP contribution < -0.4 is 0 Å². The van der Waals surface area contributed by atoms with Crippen LogP contribution in [0.2, 0.25) is 0 Å². The first-order valence-corrected chi connectivity index (χ1v) is 9.17. The predicted molar refractivity (Wildman–Crippen MR) is 91.4 cm³/mol. The van der Waals surface area contributed by atoms with Crippen molar-refractivity contribution in [1.82, 2.24) is 19.6 Å². The first kappa shape index (κ1) is 17.1. The van der Waals surface area contributed by atoms with Crippen LogP contribution in [0.5, 0.6) is 0 Å². The third-order valence-electron chi connectivity index (χ3n) is 5.94. The van der Waals surface area contributed by atoms with Crippen molar-refractivity contribution < 1.29 is 19.5 Å². The fraction of sp³-hybridized carbons (Fsp3) is 0.667. The quantitative estimate of drug-likeness (QED) is 0.859. The Morgan fingerprint density at radius 3 is 2.38 bits per heavy atom. The van der Waals surface area contributed by atoms with E-state index in [4.69, 9.17) is 0 Å². The van der Waals surface area contributed by atoms with Gasteiger partial charge in [0.25, 0.3) is 5.91 Å². The molecule has 2 saturated heterocycles. The lowest BCUT2D eigenvalue weighted by Crippen LogP contribution is -2.43. The Balaban J connectivity index is 1.51. The predicted octanol–water partition coefficient (Wildman–Crippen LogP) is 0.859. The molecule has 1 N–H and O–H groups in total. The highest BCUT2D eigenvalue weighted by Gasteiger charge is 2.60. The van der Waals surface area contributed by atoms with Crippen molar-refractivity contribution in [2.45, 2.75) is 32.7 Å². The molecule has 4 rings (SSSR count). The number of amides is 2. The molecule has 26 heavy (non-hydrogen) atoms. The van der Waals surface area contributed by atoms with Crippen LogP contribution >= 0.6 is 0 Å². The zero-order valence-corrected chi connectivity index (χ0v) is 15.1. The lowest BCUT2D eigenvalue weighted by molar-refractivity contribution is -0.149. The number of aliphatic carboxylic acids is 1. The molecule has 3 aliphatic rings. The van der Waals surface area contributed by atoms with E-state index in [-0.39, 0.29) is 42.8 Å². The fourth-order valence-electron chi connectivity index (χ4n) is 4.19. The Bertz CT molecular complexity index is 769. The van der Waals surface area contributed by atoms with Gasteiger partial charge in [0.15, 0.2) is 0 Å². The molecule has 2 aliphatic heterocycles. The monoisotopic (exact) mass is 360 g/mol. The second kappa shape index (κ2) is 5.82. The van der Waals surface area contributed by atoms with Crippen molar-refractivity contribution in [2.24, 2.45) is 17.3 Å². The zero-order valence-electron chi connectivity index (χ0n) is 15.1. The van der Waals surface area contributed by atoms with E-state index in [1.807, 2.05) is 13.8 Å². The number of aromatic nitrogens is 2. The van der Waals surface area contributed by atoms with Crippen molar-refractivity contribution >= 4 is 17.8 Å². The molecule has 8 heteroatoms. The molecule has 8 nitrogen and oxygen atoms in total. The van der Waals surface area contributed by atoms with Crippen LogP contribution in [0.3, 0.4) is 0 Å². The van der Waals surface area contributed by atoms with Crippen LogP contribution in [-0.4, -0.2) is 68.6 Å². The molecule has 3 heterocycles. The van der Waals surface area contributed by atoms with E-state index in [9.17, 15) is 19.5 Å². The van der Waals surface area contributed by atoms with Gasteiger partial charge in [0.05, 0.1) is 11.8 Å². The molecule has 2 atom stereocenters. The van der Waals surface area contributed by atoms with Gasteiger partial charge in [-0.2, -0.15) is 5.10 Å². The molecule has 3 fully saturated rings. The minimum atomic E-state index is -1.05.